The molecule has 3 heterocycles. The van der Waals surface area contributed by atoms with E-state index in [4.69, 9.17) is 0 Å². The molecule has 126 valence electrons. The molecule has 0 fully saturated rings. The fraction of sp³-hybridized carbons (Fsp3) is 0.176. The Bertz CT molecular complexity index is 1210. The van der Waals surface area contributed by atoms with Gasteiger partial charge in [0.2, 0.25) is 0 Å². The van der Waals surface area contributed by atoms with Crippen LogP contribution in [0.2, 0.25) is 0 Å². The van der Waals surface area contributed by atoms with Crippen molar-refractivity contribution >= 4 is 44.2 Å². The van der Waals surface area contributed by atoms with Crippen molar-refractivity contribution < 1.29 is 0 Å². The lowest BCUT2D eigenvalue weighted by atomic mass is 10.2. The number of thiophene rings is 1. The van der Waals surface area contributed by atoms with E-state index in [1.807, 2.05) is 36.6 Å². The summed E-state index contributed by atoms with van der Waals surface area (Å²) in [7, 11) is 1.71. The molecule has 1 N–H and O–H groups in total. The van der Waals surface area contributed by atoms with Crippen LogP contribution in [0.25, 0.3) is 21.1 Å². The minimum atomic E-state index is -0.164. The summed E-state index contributed by atoms with van der Waals surface area (Å²) < 4.78 is 2.19. The highest BCUT2D eigenvalue weighted by atomic mass is 32.2. The van der Waals surface area contributed by atoms with Gasteiger partial charge in [-0.15, -0.1) is 11.3 Å². The fourth-order valence-corrected chi connectivity index (χ4v) is 4.32. The van der Waals surface area contributed by atoms with E-state index in [-0.39, 0.29) is 16.4 Å². The van der Waals surface area contributed by atoms with Crippen molar-refractivity contribution in [3.05, 3.63) is 62.2 Å². The second-order valence-electron chi connectivity index (χ2n) is 5.62. The molecule has 6 nitrogen and oxygen atoms in total. The topological polar surface area (TPSA) is 80.6 Å². The van der Waals surface area contributed by atoms with Crippen LogP contribution in [0.1, 0.15) is 18.0 Å². The first-order valence-corrected chi connectivity index (χ1v) is 9.40. The molecular formula is C17H14N4O2S2. The van der Waals surface area contributed by atoms with E-state index in [0.29, 0.717) is 32.1 Å². The van der Waals surface area contributed by atoms with E-state index in [9.17, 15) is 9.59 Å². The van der Waals surface area contributed by atoms with Crippen molar-refractivity contribution in [3.63, 3.8) is 0 Å². The number of hydrogen-bond acceptors (Lipinski definition) is 6. The molecule has 3 aromatic heterocycles. The molecule has 0 aliphatic rings. The lowest BCUT2D eigenvalue weighted by Crippen LogP contribution is -2.19. The monoisotopic (exact) mass is 370 g/mol. The van der Waals surface area contributed by atoms with Gasteiger partial charge in [-0.05, 0) is 30.5 Å². The van der Waals surface area contributed by atoms with Crippen LogP contribution < -0.4 is 11.1 Å². The SMILES string of the molecule is C[C@H](Sc1nc2ccsc2c(=O)n1C)c1nc2ccccc2c(=O)[nH]1. The first-order valence-electron chi connectivity index (χ1n) is 7.64. The number of nitrogens with one attached hydrogen (secondary N) is 1. The number of para-hydroxylation sites is 1. The molecule has 0 radical (unpaired) electrons. The first-order chi connectivity index (χ1) is 12.0. The van der Waals surface area contributed by atoms with Gasteiger partial charge in [-0.1, -0.05) is 23.9 Å². The average molecular weight is 370 g/mol. The summed E-state index contributed by atoms with van der Waals surface area (Å²) in [5.41, 5.74) is 1.13. The highest BCUT2D eigenvalue weighted by molar-refractivity contribution is 7.99. The van der Waals surface area contributed by atoms with Gasteiger partial charge in [0.05, 0.1) is 21.7 Å². The quantitative estimate of drug-likeness (QED) is 0.443. The molecule has 0 amide bonds. The van der Waals surface area contributed by atoms with Crippen LogP contribution in [-0.4, -0.2) is 19.5 Å². The molecule has 0 unspecified atom stereocenters. The molecule has 4 aromatic rings. The van der Waals surface area contributed by atoms with Gasteiger partial charge in [-0.2, -0.15) is 0 Å². The zero-order valence-electron chi connectivity index (χ0n) is 13.5. The number of aromatic nitrogens is 4. The summed E-state index contributed by atoms with van der Waals surface area (Å²) in [5.74, 6) is 0.563. The molecule has 8 heteroatoms. The van der Waals surface area contributed by atoms with Gasteiger partial charge in [0.15, 0.2) is 5.16 Å². The van der Waals surface area contributed by atoms with E-state index < -0.39 is 0 Å². The van der Waals surface area contributed by atoms with Gasteiger partial charge in [-0.25, -0.2) is 9.97 Å². The van der Waals surface area contributed by atoms with Crippen LogP contribution in [0.4, 0.5) is 0 Å². The van der Waals surface area contributed by atoms with Crippen LogP contribution in [0.3, 0.4) is 0 Å². The van der Waals surface area contributed by atoms with Crippen molar-refractivity contribution in [2.45, 2.75) is 17.3 Å². The maximum Gasteiger partial charge on any atom is 0.271 e. The van der Waals surface area contributed by atoms with Crippen molar-refractivity contribution in [1.29, 1.82) is 0 Å². The lowest BCUT2D eigenvalue weighted by Gasteiger charge is -2.13. The Kier molecular flexibility index (Phi) is 3.93. The van der Waals surface area contributed by atoms with E-state index >= 15 is 0 Å². The summed E-state index contributed by atoms with van der Waals surface area (Å²) in [6.45, 7) is 1.93. The molecule has 4 rings (SSSR count). The van der Waals surface area contributed by atoms with Crippen LogP contribution in [-0.2, 0) is 7.05 Å². The first kappa shape index (κ1) is 16.0. The third-order valence-corrected chi connectivity index (χ3v) is 5.99. The zero-order valence-corrected chi connectivity index (χ0v) is 15.1. The molecule has 0 aliphatic carbocycles. The number of rotatable bonds is 3. The smallest absolute Gasteiger partial charge is 0.271 e. The lowest BCUT2D eigenvalue weighted by molar-refractivity contribution is 0.724. The van der Waals surface area contributed by atoms with Crippen LogP contribution in [0.5, 0.6) is 0 Å². The zero-order chi connectivity index (χ0) is 17.6. The van der Waals surface area contributed by atoms with Gasteiger partial charge in [-0.3, -0.25) is 14.2 Å². The van der Waals surface area contributed by atoms with Crippen LogP contribution >= 0.6 is 23.1 Å². The molecule has 1 aromatic carbocycles. The van der Waals surface area contributed by atoms with E-state index in [1.165, 1.54) is 23.1 Å². The minimum Gasteiger partial charge on any atom is -0.309 e. The second-order valence-corrected chi connectivity index (χ2v) is 7.85. The second kappa shape index (κ2) is 6.12. The summed E-state index contributed by atoms with van der Waals surface area (Å²) >= 11 is 2.79. The van der Waals surface area contributed by atoms with Crippen LogP contribution in [0.15, 0.2) is 50.5 Å². The van der Waals surface area contributed by atoms with Gasteiger partial charge in [0.25, 0.3) is 11.1 Å². The summed E-state index contributed by atoms with van der Waals surface area (Å²) in [5, 5.41) is 2.86. The number of hydrogen-bond donors (Lipinski definition) is 1. The summed E-state index contributed by atoms with van der Waals surface area (Å²) in [6, 6.07) is 9.07. The molecule has 0 aliphatic heterocycles. The number of aromatic amines is 1. The highest BCUT2D eigenvalue weighted by Gasteiger charge is 2.17. The van der Waals surface area contributed by atoms with Gasteiger partial charge >= 0.3 is 0 Å². The molecule has 25 heavy (non-hydrogen) atoms. The van der Waals surface area contributed by atoms with Crippen molar-refractivity contribution in [3.8, 4) is 0 Å². The Morgan fingerprint density at radius 2 is 1.96 bits per heavy atom. The van der Waals surface area contributed by atoms with Crippen molar-refractivity contribution in [2.24, 2.45) is 7.05 Å². The Morgan fingerprint density at radius 3 is 2.80 bits per heavy atom. The number of nitrogens with zero attached hydrogens (tertiary/aromatic N) is 3. The number of benzene rings is 1. The Labute approximate surface area is 150 Å². The Hall–Kier alpha value is -2.45. The van der Waals surface area contributed by atoms with Crippen LogP contribution in [0, 0.1) is 0 Å². The van der Waals surface area contributed by atoms with Gasteiger partial charge < -0.3 is 4.98 Å². The standard InChI is InChI=1S/C17H14N4O2S2/c1-9(14-18-11-6-4-3-5-10(11)15(22)20-14)25-17-19-12-7-8-24-13(12)16(23)21(17)2/h3-9H,1-2H3,(H,18,20,22)/t9-/m0/s1. The van der Waals surface area contributed by atoms with E-state index in [0.717, 1.165) is 0 Å². The highest BCUT2D eigenvalue weighted by Crippen LogP contribution is 2.32. The molecule has 0 saturated carbocycles. The molecular weight excluding hydrogens is 356 g/mol. The third kappa shape index (κ3) is 2.77. The summed E-state index contributed by atoms with van der Waals surface area (Å²) in [6.07, 6.45) is 0. The predicted molar refractivity (Wildman–Crippen MR) is 101 cm³/mol. The third-order valence-electron chi connectivity index (χ3n) is 3.94. The Morgan fingerprint density at radius 1 is 1.16 bits per heavy atom. The minimum absolute atomic E-state index is 0.0605. The molecule has 0 spiro atoms. The van der Waals surface area contributed by atoms with Gasteiger partial charge in [0, 0.05) is 7.05 Å². The average Bonchev–Trinajstić information content (AvgIpc) is 3.08. The number of fused-ring (bicyclic) bond motifs is 2. The molecule has 1 atom stereocenters. The van der Waals surface area contributed by atoms with E-state index in [2.05, 4.69) is 15.0 Å². The maximum atomic E-state index is 12.4. The normalized spacial score (nSPS) is 12.7. The maximum absolute atomic E-state index is 12.4. The van der Waals surface area contributed by atoms with Gasteiger partial charge in [0.1, 0.15) is 10.5 Å². The van der Waals surface area contributed by atoms with Crippen molar-refractivity contribution in [2.75, 3.05) is 0 Å². The fourth-order valence-electron chi connectivity index (χ4n) is 2.58. The van der Waals surface area contributed by atoms with E-state index in [1.54, 1.807) is 17.7 Å². The number of H-pyrrole nitrogens is 1. The molecule has 0 saturated heterocycles. The Balaban J connectivity index is 1.75. The molecule has 0 bridgehead atoms. The van der Waals surface area contributed by atoms with Crippen molar-refractivity contribution in [1.82, 2.24) is 19.5 Å². The number of thioether (sulfide) groups is 1. The predicted octanol–water partition coefficient (Wildman–Crippen LogP) is 3.08. The largest absolute Gasteiger partial charge is 0.309 e. The summed E-state index contributed by atoms with van der Waals surface area (Å²) in [4.78, 5) is 36.6.